The Labute approximate surface area is 170 Å². The molecule has 0 atom stereocenters. The van der Waals surface area contributed by atoms with Gasteiger partial charge in [0.2, 0.25) is 10.0 Å². The van der Waals surface area contributed by atoms with Crippen LogP contribution < -0.4 is 9.46 Å². The highest BCUT2D eigenvalue weighted by Crippen LogP contribution is 2.30. The van der Waals surface area contributed by atoms with Crippen molar-refractivity contribution in [1.82, 2.24) is 9.71 Å². The third-order valence-electron chi connectivity index (χ3n) is 4.49. The van der Waals surface area contributed by atoms with Gasteiger partial charge in [-0.05, 0) is 30.5 Å². The molecule has 2 aromatic carbocycles. The molecular weight excluding hydrogens is 392 g/mol. The fourth-order valence-corrected chi connectivity index (χ4v) is 5.02. The van der Waals surface area contributed by atoms with Gasteiger partial charge in [0.25, 0.3) is 0 Å². The highest BCUT2D eigenvalue weighted by atomic mass is 32.2. The van der Waals surface area contributed by atoms with Crippen molar-refractivity contribution in [2.24, 2.45) is 0 Å². The van der Waals surface area contributed by atoms with Crippen molar-refractivity contribution in [3.05, 3.63) is 64.0 Å². The SMILES string of the molecule is COc1ccccc1CNS(=O)(=O)c1cc(-c2csc(C)n2)ccc1C(C)C. The van der Waals surface area contributed by atoms with Crippen molar-refractivity contribution >= 4 is 21.4 Å². The molecule has 5 nitrogen and oxygen atoms in total. The summed E-state index contributed by atoms with van der Waals surface area (Å²) >= 11 is 1.54. The topological polar surface area (TPSA) is 68.3 Å². The van der Waals surface area contributed by atoms with E-state index in [-0.39, 0.29) is 12.5 Å². The van der Waals surface area contributed by atoms with E-state index in [1.54, 1.807) is 24.5 Å². The van der Waals surface area contributed by atoms with E-state index in [2.05, 4.69) is 9.71 Å². The zero-order valence-corrected chi connectivity index (χ0v) is 18.0. The van der Waals surface area contributed by atoms with Crippen LogP contribution in [0, 0.1) is 6.92 Å². The number of nitrogens with zero attached hydrogens (tertiary/aromatic N) is 1. The van der Waals surface area contributed by atoms with E-state index >= 15 is 0 Å². The van der Waals surface area contributed by atoms with E-state index in [0.29, 0.717) is 10.6 Å². The summed E-state index contributed by atoms with van der Waals surface area (Å²) < 4.78 is 34.3. The Morgan fingerprint density at radius 1 is 1.18 bits per heavy atom. The maximum atomic E-state index is 13.1. The molecule has 0 aliphatic heterocycles. The van der Waals surface area contributed by atoms with Crippen molar-refractivity contribution in [1.29, 1.82) is 0 Å². The van der Waals surface area contributed by atoms with Gasteiger partial charge in [-0.2, -0.15) is 0 Å². The summed E-state index contributed by atoms with van der Waals surface area (Å²) in [6.45, 7) is 6.06. The van der Waals surface area contributed by atoms with Crippen LogP contribution in [0.1, 0.15) is 35.9 Å². The van der Waals surface area contributed by atoms with Crippen LogP contribution in [0.3, 0.4) is 0 Å². The van der Waals surface area contributed by atoms with E-state index in [4.69, 9.17) is 4.74 Å². The molecule has 0 aliphatic carbocycles. The molecule has 7 heteroatoms. The molecule has 1 N–H and O–H groups in total. The quantitative estimate of drug-likeness (QED) is 0.605. The first-order valence-corrected chi connectivity index (χ1v) is 11.4. The molecular formula is C21H24N2O3S2. The number of benzene rings is 2. The average molecular weight is 417 g/mol. The summed E-state index contributed by atoms with van der Waals surface area (Å²) in [5, 5.41) is 2.89. The molecule has 0 aliphatic rings. The highest BCUT2D eigenvalue weighted by molar-refractivity contribution is 7.89. The Hall–Kier alpha value is -2.22. The predicted molar refractivity (Wildman–Crippen MR) is 113 cm³/mol. The first-order valence-electron chi connectivity index (χ1n) is 9.00. The van der Waals surface area contributed by atoms with Gasteiger partial charge in [-0.1, -0.05) is 44.2 Å². The number of ether oxygens (including phenoxy) is 1. The maximum Gasteiger partial charge on any atom is 0.241 e. The average Bonchev–Trinajstić information content (AvgIpc) is 3.12. The van der Waals surface area contributed by atoms with Gasteiger partial charge in [0.15, 0.2) is 0 Å². The van der Waals surface area contributed by atoms with Crippen molar-refractivity contribution in [3.8, 4) is 17.0 Å². The minimum atomic E-state index is -3.71. The third kappa shape index (κ3) is 4.43. The number of nitrogens with one attached hydrogen (secondary N) is 1. The summed E-state index contributed by atoms with van der Waals surface area (Å²) in [5.74, 6) is 0.727. The van der Waals surface area contributed by atoms with E-state index < -0.39 is 10.0 Å². The number of methoxy groups -OCH3 is 1. The lowest BCUT2D eigenvalue weighted by Gasteiger charge is -2.16. The Bertz CT molecular complexity index is 1070. The second-order valence-corrected chi connectivity index (χ2v) is 9.59. The van der Waals surface area contributed by atoms with Crippen LogP contribution in [0.5, 0.6) is 5.75 Å². The maximum absolute atomic E-state index is 13.1. The summed E-state index contributed by atoms with van der Waals surface area (Å²) in [6, 6.07) is 12.9. The van der Waals surface area contributed by atoms with Gasteiger partial charge in [0, 0.05) is 23.1 Å². The number of sulfonamides is 1. The third-order valence-corrected chi connectivity index (χ3v) is 6.72. The lowest BCUT2D eigenvalue weighted by molar-refractivity contribution is 0.409. The summed E-state index contributed by atoms with van der Waals surface area (Å²) in [6.07, 6.45) is 0. The van der Waals surface area contributed by atoms with Crippen LogP contribution in [0.2, 0.25) is 0 Å². The molecule has 0 amide bonds. The lowest BCUT2D eigenvalue weighted by Crippen LogP contribution is -2.25. The Kier molecular flexibility index (Phi) is 6.17. The molecule has 3 aromatic rings. The van der Waals surface area contributed by atoms with E-state index in [1.165, 1.54) is 0 Å². The largest absolute Gasteiger partial charge is 0.496 e. The Morgan fingerprint density at radius 3 is 2.57 bits per heavy atom. The summed E-state index contributed by atoms with van der Waals surface area (Å²) in [7, 11) is -2.14. The number of para-hydroxylation sites is 1. The predicted octanol–water partition coefficient (Wildman–Crippen LogP) is 4.73. The van der Waals surface area contributed by atoms with Gasteiger partial charge in [-0.3, -0.25) is 0 Å². The van der Waals surface area contributed by atoms with Crippen LogP contribution in [-0.4, -0.2) is 20.5 Å². The monoisotopic (exact) mass is 416 g/mol. The minimum Gasteiger partial charge on any atom is -0.496 e. The van der Waals surface area contributed by atoms with E-state index in [0.717, 1.165) is 27.4 Å². The van der Waals surface area contributed by atoms with Crippen molar-refractivity contribution < 1.29 is 13.2 Å². The fourth-order valence-electron chi connectivity index (χ4n) is 3.00. The molecule has 28 heavy (non-hydrogen) atoms. The summed E-state index contributed by atoms with van der Waals surface area (Å²) in [4.78, 5) is 4.77. The van der Waals surface area contributed by atoms with Crippen molar-refractivity contribution in [2.45, 2.75) is 38.1 Å². The summed E-state index contributed by atoms with van der Waals surface area (Å²) in [5.41, 5.74) is 3.15. The molecule has 0 unspecified atom stereocenters. The number of hydrogen-bond acceptors (Lipinski definition) is 5. The van der Waals surface area contributed by atoms with Crippen molar-refractivity contribution in [2.75, 3.05) is 7.11 Å². The van der Waals surface area contributed by atoms with Gasteiger partial charge < -0.3 is 4.74 Å². The second kappa shape index (κ2) is 8.43. The molecule has 0 saturated carbocycles. The van der Waals surface area contributed by atoms with Gasteiger partial charge in [0.1, 0.15) is 5.75 Å². The Morgan fingerprint density at radius 2 is 1.93 bits per heavy atom. The second-order valence-electron chi connectivity index (χ2n) is 6.80. The molecule has 1 heterocycles. The lowest BCUT2D eigenvalue weighted by atomic mass is 10.0. The number of hydrogen-bond donors (Lipinski definition) is 1. The van der Waals surface area contributed by atoms with Gasteiger partial charge in [-0.25, -0.2) is 18.1 Å². The first-order chi connectivity index (χ1) is 13.3. The smallest absolute Gasteiger partial charge is 0.241 e. The number of rotatable bonds is 7. The van der Waals surface area contributed by atoms with Crippen LogP contribution in [0.15, 0.2) is 52.7 Å². The van der Waals surface area contributed by atoms with Crippen LogP contribution in [0.25, 0.3) is 11.3 Å². The standard InChI is InChI=1S/C21H24N2O3S2/c1-14(2)18-10-9-16(19-13-27-15(3)23-19)11-21(18)28(24,25)22-12-17-7-5-6-8-20(17)26-4/h5-11,13-14,22H,12H2,1-4H3. The molecule has 148 valence electrons. The molecule has 0 spiro atoms. The molecule has 0 radical (unpaired) electrons. The molecule has 0 fully saturated rings. The zero-order valence-electron chi connectivity index (χ0n) is 16.4. The van der Waals surface area contributed by atoms with Crippen LogP contribution in [-0.2, 0) is 16.6 Å². The van der Waals surface area contributed by atoms with Gasteiger partial charge in [0.05, 0.1) is 22.7 Å². The molecule has 1 aromatic heterocycles. The fraction of sp³-hybridized carbons (Fsp3) is 0.286. The zero-order chi connectivity index (χ0) is 20.3. The normalized spacial score (nSPS) is 11.8. The Balaban J connectivity index is 1.97. The minimum absolute atomic E-state index is 0.0732. The van der Waals surface area contributed by atoms with E-state index in [9.17, 15) is 8.42 Å². The van der Waals surface area contributed by atoms with Crippen LogP contribution >= 0.6 is 11.3 Å². The van der Waals surface area contributed by atoms with E-state index in [1.807, 2.05) is 62.5 Å². The molecule has 0 bridgehead atoms. The number of aromatic nitrogens is 1. The molecule has 0 saturated heterocycles. The van der Waals surface area contributed by atoms with Crippen molar-refractivity contribution in [3.63, 3.8) is 0 Å². The number of aryl methyl sites for hydroxylation is 1. The first kappa shape index (κ1) is 20.5. The van der Waals surface area contributed by atoms with Crippen LogP contribution in [0.4, 0.5) is 0 Å². The molecule has 3 rings (SSSR count). The number of thiazole rings is 1. The van der Waals surface area contributed by atoms with Gasteiger partial charge in [-0.15, -0.1) is 11.3 Å². The highest BCUT2D eigenvalue weighted by Gasteiger charge is 2.22. The van der Waals surface area contributed by atoms with Gasteiger partial charge >= 0.3 is 0 Å².